The minimum Gasteiger partial charge on any atom is -0.337 e. The van der Waals surface area contributed by atoms with E-state index < -0.39 is 0 Å². The molecule has 1 rings (SSSR count). The van der Waals surface area contributed by atoms with Gasteiger partial charge in [0.05, 0.1) is 5.69 Å². The van der Waals surface area contributed by atoms with E-state index in [2.05, 4.69) is 18.8 Å². The zero-order valence-electron chi connectivity index (χ0n) is 7.33. The Hall–Kier alpha value is -0.830. The second-order valence-electron chi connectivity index (χ2n) is 3.06. The number of nitrogens with zero attached hydrogens (tertiary/aromatic N) is 2. The van der Waals surface area contributed by atoms with Gasteiger partial charge in [0.25, 0.3) is 0 Å². The lowest BCUT2D eigenvalue weighted by atomic mass is 10.2. The first-order valence-corrected chi connectivity index (χ1v) is 3.87. The predicted octanol–water partition coefficient (Wildman–Crippen LogP) is 1.00. The van der Waals surface area contributed by atoms with Gasteiger partial charge in [-0.2, -0.15) is 0 Å². The van der Waals surface area contributed by atoms with E-state index in [1.54, 1.807) is 0 Å². The smallest absolute Gasteiger partial charge is 0.111 e. The minimum atomic E-state index is 0.472. The van der Waals surface area contributed by atoms with Crippen molar-refractivity contribution in [2.45, 2.75) is 26.3 Å². The monoisotopic (exact) mass is 153 g/mol. The molecular weight excluding hydrogens is 138 g/mol. The third kappa shape index (κ3) is 1.60. The van der Waals surface area contributed by atoms with E-state index in [1.807, 2.05) is 17.8 Å². The lowest BCUT2D eigenvalue weighted by Gasteiger charge is -2.02. The molecule has 1 aromatic heterocycles. The van der Waals surface area contributed by atoms with Gasteiger partial charge in [0.1, 0.15) is 5.82 Å². The van der Waals surface area contributed by atoms with Crippen molar-refractivity contribution < 1.29 is 0 Å². The van der Waals surface area contributed by atoms with Crippen LogP contribution >= 0.6 is 0 Å². The molecule has 0 bridgehead atoms. The molecule has 11 heavy (non-hydrogen) atoms. The molecule has 0 saturated carbocycles. The Morgan fingerprint density at radius 2 is 2.27 bits per heavy atom. The first kappa shape index (κ1) is 8.27. The fraction of sp³-hybridized carbons (Fsp3) is 0.625. The van der Waals surface area contributed by atoms with E-state index in [1.165, 1.54) is 0 Å². The SMILES string of the molecule is CC(C)c1nc(CN)cn1C. The Bertz CT molecular complexity index is 237. The lowest BCUT2D eigenvalue weighted by Crippen LogP contribution is -1.99. The van der Waals surface area contributed by atoms with E-state index in [0.29, 0.717) is 12.5 Å². The summed E-state index contributed by atoms with van der Waals surface area (Å²) in [5.74, 6) is 1.57. The molecule has 62 valence electrons. The largest absolute Gasteiger partial charge is 0.337 e. The highest BCUT2D eigenvalue weighted by Crippen LogP contribution is 2.11. The minimum absolute atomic E-state index is 0.472. The third-order valence-electron chi connectivity index (χ3n) is 1.69. The molecule has 1 aromatic rings. The van der Waals surface area contributed by atoms with Crippen LogP contribution in [-0.4, -0.2) is 9.55 Å². The highest BCUT2D eigenvalue weighted by molar-refractivity contribution is 5.05. The summed E-state index contributed by atoms with van der Waals surface area (Å²) in [7, 11) is 2.00. The van der Waals surface area contributed by atoms with Gasteiger partial charge in [-0.15, -0.1) is 0 Å². The van der Waals surface area contributed by atoms with E-state index in [0.717, 1.165) is 11.5 Å². The summed E-state index contributed by atoms with van der Waals surface area (Å²) in [6, 6.07) is 0. The Kier molecular flexibility index (Phi) is 2.29. The summed E-state index contributed by atoms with van der Waals surface area (Å²) < 4.78 is 2.03. The second kappa shape index (κ2) is 3.05. The van der Waals surface area contributed by atoms with Gasteiger partial charge in [0, 0.05) is 25.7 Å². The zero-order chi connectivity index (χ0) is 8.43. The van der Waals surface area contributed by atoms with Crippen LogP contribution in [0.4, 0.5) is 0 Å². The molecule has 0 amide bonds. The molecule has 0 aliphatic heterocycles. The molecule has 0 unspecified atom stereocenters. The average Bonchev–Trinajstić information content (AvgIpc) is 2.30. The van der Waals surface area contributed by atoms with Crippen molar-refractivity contribution in [1.82, 2.24) is 9.55 Å². The van der Waals surface area contributed by atoms with Crippen LogP contribution in [0, 0.1) is 0 Å². The lowest BCUT2D eigenvalue weighted by molar-refractivity contribution is 0.710. The van der Waals surface area contributed by atoms with Crippen molar-refractivity contribution in [2.24, 2.45) is 12.8 Å². The topological polar surface area (TPSA) is 43.8 Å². The Labute approximate surface area is 67.2 Å². The molecule has 0 aliphatic rings. The maximum Gasteiger partial charge on any atom is 0.111 e. The van der Waals surface area contributed by atoms with Crippen molar-refractivity contribution in [1.29, 1.82) is 0 Å². The predicted molar refractivity (Wildman–Crippen MR) is 45.2 cm³/mol. The quantitative estimate of drug-likeness (QED) is 0.689. The van der Waals surface area contributed by atoms with Gasteiger partial charge in [0.2, 0.25) is 0 Å². The summed E-state index contributed by atoms with van der Waals surface area (Å²) in [6.45, 7) is 4.78. The summed E-state index contributed by atoms with van der Waals surface area (Å²) in [6.07, 6.45) is 1.98. The molecule has 2 N–H and O–H groups in total. The standard InChI is InChI=1S/C8H15N3/c1-6(2)8-10-7(4-9)5-11(8)3/h5-6H,4,9H2,1-3H3. The highest BCUT2D eigenvalue weighted by Gasteiger charge is 2.06. The van der Waals surface area contributed by atoms with Crippen LogP contribution in [-0.2, 0) is 13.6 Å². The van der Waals surface area contributed by atoms with Crippen molar-refractivity contribution in [3.8, 4) is 0 Å². The normalized spacial score (nSPS) is 11.0. The van der Waals surface area contributed by atoms with Crippen molar-refractivity contribution in [3.63, 3.8) is 0 Å². The van der Waals surface area contributed by atoms with Crippen molar-refractivity contribution >= 4 is 0 Å². The van der Waals surface area contributed by atoms with E-state index in [-0.39, 0.29) is 0 Å². The highest BCUT2D eigenvalue weighted by atomic mass is 15.1. The number of aryl methyl sites for hydroxylation is 1. The molecule has 0 aliphatic carbocycles. The number of hydrogen-bond donors (Lipinski definition) is 1. The molecule has 0 spiro atoms. The number of nitrogens with two attached hydrogens (primary N) is 1. The van der Waals surface area contributed by atoms with Crippen molar-refractivity contribution in [3.05, 3.63) is 17.7 Å². The fourth-order valence-electron chi connectivity index (χ4n) is 1.18. The Balaban J connectivity index is 2.97. The third-order valence-corrected chi connectivity index (χ3v) is 1.69. The van der Waals surface area contributed by atoms with Gasteiger partial charge < -0.3 is 10.3 Å². The van der Waals surface area contributed by atoms with Crippen LogP contribution in [0.2, 0.25) is 0 Å². The maximum atomic E-state index is 5.46. The molecule has 3 heteroatoms. The molecular formula is C8H15N3. The number of imidazole rings is 1. The van der Waals surface area contributed by atoms with Gasteiger partial charge >= 0.3 is 0 Å². The van der Waals surface area contributed by atoms with Crippen LogP contribution < -0.4 is 5.73 Å². The van der Waals surface area contributed by atoms with E-state index >= 15 is 0 Å². The van der Waals surface area contributed by atoms with Crippen LogP contribution in [0.25, 0.3) is 0 Å². The van der Waals surface area contributed by atoms with Gasteiger partial charge in [-0.3, -0.25) is 0 Å². The molecule has 0 aromatic carbocycles. The summed E-state index contributed by atoms with van der Waals surface area (Å²) in [5.41, 5.74) is 6.43. The second-order valence-corrected chi connectivity index (χ2v) is 3.06. The van der Waals surface area contributed by atoms with E-state index in [9.17, 15) is 0 Å². The van der Waals surface area contributed by atoms with Crippen LogP contribution in [0.3, 0.4) is 0 Å². The van der Waals surface area contributed by atoms with Gasteiger partial charge in [-0.05, 0) is 0 Å². The maximum absolute atomic E-state index is 5.46. The average molecular weight is 153 g/mol. The molecule has 3 nitrogen and oxygen atoms in total. The first-order chi connectivity index (χ1) is 5.15. The summed E-state index contributed by atoms with van der Waals surface area (Å²) in [4.78, 5) is 4.37. The Morgan fingerprint density at radius 1 is 1.64 bits per heavy atom. The van der Waals surface area contributed by atoms with Crippen LogP contribution in [0.5, 0.6) is 0 Å². The molecule has 0 radical (unpaired) electrons. The summed E-state index contributed by atoms with van der Waals surface area (Å²) in [5, 5.41) is 0. The molecule has 0 saturated heterocycles. The number of aromatic nitrogens is 2. The zero-order valence-corrected chi connectivity index (χ0v) is 7.33. The van der Waals surface area contributed by atoms with Gasteiger partial charge in [0.15, 0.2) is 0 Å². The van der Waals surface area contributed by atoms with E-state index in [4.69, 9.17) is 5.73 Å². The summed E-state index contributed by atoms with van der Waals surface area (Å²) >= 11 is 0. The number of hydrogen-bond acceptors (Lipinski definition) is 2. The number of rotatable bonds is 2. The van der Waals surface area contributed by atoms with Crippen molar-refractivity contribution in [2.75, 3.05) is 0 Å². The van der Waals surface area contributed by atoms with Gasteiger partial charge in [-0.1, -0.05) is 13.8 Å². The van der Waals surface area contributed by atoms with Crippen LogP contribution in [0.15, 0.2) is 6.20 Å². The Morgan fingerprint density at radius 3 is 2.55 bits per heavy atom. The molecule has 0 atom stereocenters. The fourth-order valence-corrected chi connectivity index (χ4v) is 1.18. The van der Waals surface area contributed by atoms with Gasteiger partial charge in [-0.25, -0.2) is 4.98 Å². The molecule has 1 heterocycles. The molecule has 0 fully saturated rings. The van der Waals surface area contributed by atoms with Crippen LogP contribution in [0.1, 0.15) is 31.3 Å². The first-order valence-electron chi connectivity index (χ1n) is 3.87.